The van der Waals surface area contributed by atoms with Crippen molar-refractivity contribution in [2.45, 2.75) is 6.54 Å². The summed E-state index contributed by atoms with van der Waals surface area (Å²) in [5, 5.41) is 3.81. The van der Waals surface area contributed by atoms with Crippen LogP contribution in [0.4, 0.5) is 15.8 Å². The molecule has 2 nitrogen and oxygen atoms in total. The van der Waals surface area contributed by atoms with Gasteiger partial charge in [0.1, 0.15) is 5.82 Å². The maximum atomic E-state index is 13.0. The molecule has 2 rings (SSSR count). The topological polar surface area (TPSA) is 38.0 Å². The van der Waals surface area contributed by atoms with Gasteiger partial charge in [0.15, 0.2) is 0 Å². The molecule has 17 heavy (non-hydrogen) atoms. The van der Waals surface area contributed by atoms with Crippen LogP contribution in [0.5, 0.6) is 0 Å². The van der Waals surface area contributed by atoms with Gasteiger partial charge in [-0.3, -0.25) is 0 Å². The molecule has 0 unspecified atom stereocenters. The minimum absolute atomic E-state index is 0.278. The third-order valence-electron chi connectivity index (χ3n) is 2.39. The highest BCUT2D eigenvalue weighted by atomic mass is 35.5. The highest BCUT2D eigenvalue weighted by molar-refractivity contribution is 6.30. The first kappa shape index (κ1) is 11.9. The Balaban J connectivity index is 2.29. The van der Waals surface area contributed by atoms with Crippen LogP contribution < -0.4 is 11.1 Å². The van der Waals surface area contributed by atoms with Gasteiger partial charge in [0, 0.05) is 22.9 Å². The molecule has 2 aromatic rings. The Morgan fingerprint density at radius 3 is 2.71 bits per heavy atom. The van der Waals surface area contributed by atoms with Gasteiger partial charge in [0.05, 0.1) is 0 Å². The molecule has 2 aromatic carbocycles. The first-order valence-corrected chi connectivity index (χ1v) is 5.58. The van der Waals surface area contributed by atoms with Crippen molar-refractivity contribution in [2.24, 2.45) is 5.73 Å². The van der Waals surface area contributed by atoms with Gasteiger partial charge in [0.2, 0.25) is 0 Å². The smallest absolute Gasteiger partial charge is 0.123 e. The van der Waals surface area contributed by atoms with E-state index in [9.17, 15) is 4.39 Å². The van der Waals surface area contributed by atoms with Crippen LogP contribution in [0.15, 0.2) is 42.5 Å². The molecule has 0 radical (unpaired) electrons. The van der Waals surface area contributed by atoms with Crippen LogP contribution in [0.25, 0.3) is 0 Å². The third-order valence-corrected chi connectivity index (χ3v) is 2.63. The number of benzene rings is 2. The van der Waals surface area contributed by atoms with Crippen molar-refractivity contribution < 1.29 is 4.39 Å². The second kappa shape index (κ2) is 5.17. The lowest BCUT2D eigenvalue weighted by Crippen LogP contribution is -2.02. The van der Waals surface area contributed by atoms with Gasteiger partial charge < -0.3 is 11.1 Å². The molecule has 0 aliphatic carbocycles. The predicted octanol–water partition coefficient (Wildman–Crippen LogP) is 3.68. The Morgan fingerprint density at radius 2 is 2.00 bits per heavy atom. The van der Waals surface area contributed by atoms with E-state index in [1.165, 1.54) is 12.1 Å². The predicted molar refractivity (Wildman–Crippen MR) is 69.0 cm³/mol. The Hall–Kier alpha value is -1.58. The third kappa shape index (κ3) is 2.96. The van der Waals surface area contributed by atoms with Gasteiger partial charge in [-0.05, 0) is 42.0 Å². The molecule has 0 spiro atoms. The Bertz CT molecular complexity index is 529. The van der Waals surface area contributed by atoms with Crippen LogP contribution in [0.2, 0.25) is 5.02 Å². The van der Waals surface area contributed by atoms with Crippen LogP contribution in [0.3, 0.4) is 0 Å². The molecule has 0 saturated carbocycles. The van der Waals surface area contributed by atoms with E-state index >= 15 is 0 Å². The second-order valence-electron chi connectivity index (χ2n) is 3.64. The lowest BCUT2D eigenvalue weighted by atomic mass is 10.1. The molecule has 0 amide bonds. The largest absolute Gasteiger partial charge is 0.355 e. The van der Waals surface area contributed by atoms with Crippen LogP contribution in [-0.4, -0.2) is 0 Å². The minimum Gasteiger partial charge on any atom is -0.355 e. The summed E-state index contributed by atoms with van der Waals surface area (Å²) in [7, 11) is 0. The summed E-state index contributed by atoms with van der Waals surface area (Å²) in [4.78, 5) is 0. The number of nitrogens with one attached hydrogen (secondary N) is 1. The minimum atomic E-state index is -0.290. The van der Waals surface area contributed by atoms with E-state index in [4.69, 9.17) is 17.3 Å². The van der Waals surface area contributed by atoms with Crippen LogP contribution >= 0.6 is 11.6 Å². The Labute approximate surface area is 104 Å². The van der Waals surface area contributed by atoms with E-state index in [0.29, 0.717) is 5.02 Å². The van der Waals surface area contributed by atoms with Crippen molar-refractivity contribution in [1.29, 1.82) is 0 Å². The fraction of sp³-hybridized carbons (Fsp3) is 0.0769. The normalized spacial score (nSPS) is 10.3. The van der Waals surface area contributed by atoms with Crippen molar-refractivity contribution >= 4 is 23.0 Å². The zero-order valence-electron chi connectivity index (χ0n) is 9.08. The molecule has 0 saturated heterocycles. The SMILES string of the molecule is NCc1cc(F)ccc1Nc1cccc(Cl)c1. The molecule has 0 atom stereocenters. The monoisotopic (exact) mass is 250 g/mol. The number of anilines is 2. The summed E-state index contributed by atoms with van der Waals surface area (Å²) >= 11 is 5.89. The summed E-state index contributed by atoms with van der Waals surface area (Å²) in [5.41, 5.74) is 7.93. The Kier molecular flexibility index (Phi) is 3.61. The molecule has 0 aliphatic heterocycles. The molecule has 0 aromatic heterocycles. The Morgan fingerprint density at radius 1 is 1.18 bits per heavy atom. The fourth-order valence-electron chi connectivity index (χ4n) is 1.57. The highest BCUT2D eigenvalue weighted by Gasteiger charge is 2.03. The summed E-state index contributed by atoms with van der Waals surface area (Å²) in [6.45, 7) is 0.278. The molecule has 3 N–H and O–H groups in total. The number of nitrogens with two attached hydrogens (primary N) is 1. The summed E-state index contributed by atoms with van der Waals surface area (Å²) in [5.74, 6) is -0.290. The zero-order chi connectivity index (χ0) is 12.3. The quantitative estimate of drug-likeness (QED) is 0.872. The molecular formula is C13H12ClFN2. The average Bonchev–Trinajstić information content (AvgIpc) is 2.31. The van der Waals surface area contributed by atoms with Gasteiger partial charge in [-0.1, -0.05) is 17.7 Å². The van der Waals surface area contributed by atoms with Crippen LogP contribution in [0, 0.1) is 5.82 Å². The first-order chi connectivity index (χ1) is 8.19. The van der Waals surface area contributed by atoms with Crippen molar-refractivity contribution in [1.82, 2.24) is 0 Å². The summed E-state index contributed by atoms with van der Waals surface area (Å²) < 4.78 is 13.0. The molecular weight excluding hydrogens is 239 g/mol. The number of hydrogen-bond donors (Lipinski definition) is 2. The van der Waals surface area contributed by atoms with Gasteiger partial charge in [-0.2, -0.15) is 0 Å². The molecule has 0 bridgehead atoms. The van der Waals surface area contributed by atoms with Gasteiger partial charge in [-0.15, -0.1) is 0 Å². The number of halogens is 2. The average molecular weight is 251 g/mol. The molecule has 0 aliphatic rings. The van der Waals surface area contributed by atoms with Gasteiger partial charge in [0.25, 0.3) is 0 Å². The van der Waals surface area contributed by atoms with E-state index in [-0.39, 0.29) is 12.4 Å². The maximum Gasteiger partial charge on any atom is 0.123 e. The van der Waals surface area contributed by atoms with Crippen molar-refractivity contribution in [3.8, 4) is 0 Å². The fourth-order valence-corrected chi connectivity index (χ4v) is 1.77. The van der Waals surface area contributed by atoms with Crippen LogP contribution in [0.1, 0.15) is 5.56 Å². The van der Waals surface area contributed by atoms with Crippen molar-refractivity contribution in [2.75, 3.05) is 5.32 Å². The van der Waals surface area contributed by atoms with Gasteiger partial charge in [-0.25, -0.2) is 4.39 Å². The molecule has 4 heteroatoms. The lowest BCUT2D eigenvalue weighted by Gasteiger charge is -2.11. The standard InChI is InChI=1S/C13H12ClFN2/c14-10-2-1-3-12(7-10)17-13-5-4-11(15)6-9(13)8-16/h1-7,17H,8,16H2. The molecule has 0 fully saturated rings. The first-order valence-electron chi connectivity index (χ1n) is 5.20. The van der Waals surface area contributed by atoms with Gasteiger partial charge >= 0.3 is 0 Å². The van der Waals surface area contributed by atoms with Crippen LogP contribution in [-0.2, 0) is 6.54 Å². The van der Waals surface area contributed by atoms with E-state index in [1.54, 1.807) is 18.2 Å². The second-order valence-corrected chi connectivity index (χ2v) is 4.08. The molecule has 88 valence electrons. The van der Waals surface area contributed by atoms with Crippen molar-refractivity contribution in [3.05, 3.63) is 58.9 Å². The summed E-state index contributed by atoms with van der Waals surface area (Å²) in [6.07, 6.45) is 0. The van der Waals surface area contributed by atoms with E-state index in [1.807, 2.05) is 12.1 Å². The van der Waals surface area contributed by atoms with E-state index in [2.05, 4.69) is 5.32 Å². The maximum absolute atomic E-state index is 13.0. The van der Waals surface area contributed by atoms with Crippen molar-refractivity contribution in [3.63, 3.8) is 0 Å². The summed E-state index contributed by atoms with van der Waals surface area (Å²) in [6, 6.07) is 11.8. The lowest BCUT2D eigenvalue weighted by molar-refractivity contribution is 0.626. The number of hydrogen-bond acceptors (Lipinski definition) is 2. The van der Waals surface area contributed by atoms with E-state index < -0.39 is 0 Å². The van der Waals surface area contributed by atoms with E-state index in [0.717, 1.165) is 16.9 Å². The molecule has 0 heterocycles. The number of rotatable bonds is 3. The zero-order valence-corrected chi connectivity index (χ0v) is 9.84. The highest BCUT2D eigenvalue weighted by Crippen LogP contribution is 2.23.